The average molecular weight is 253 g/mol. The van der Waals surface area contributed by atoms with E-state index in [-0.39, 0.29) is 5.75 Å². The van der Waals surface area contributed by atoms with Gasteiger partial charge in [0.15, 0.2) is 0 Å². The van der Waals surface area contributed by atoms with Crippen LogP contribution in [0.5, 0.6) is 0 Å². The molecule has 0 aromatic carbocycles. The summed E-state index contributed by atoms with van der Waals surface area (Å²) in [6.45, 7) is 1.96. The van der Waals surface area contributed by atoms with E-state index in [0.29, 0.717) is 12.4 Å². The summed E-state index contributed by atoms with van der Waals surface area (Å²) >= 11 is 0. The Labute approximate surface area is 101 Å². The van der Waals surface area contributed by atoms with Gasteiger partial charge in [-0.3, -0.25) is 9.12 Å². The Kier molecular flexibility index (Phi) is 3.33. The molecule has 0 saturated carbocycles. The summed E-state index contributed by atoms with van der Waals surface area (Å²) in [5.41, 5.74) is 0.862. The average Bonchev–Trinajstić information content (AvgIpc) is 2.70. The van der Waals surface area contributed by atoms with Crippen LogP contribution < -0.4 is 4.72 Å². The monoisotopic (exact) mass is 253 g/mol. The highest BCUT2D eigenvalue weighted by Crippen LogP contribution is 2.12. The van der Waals surface area contributed by atoms with Crippen LogP contribution in [0, 0.1) is 0 Å². The molecule has 0 aliphatic heterocycles. The predicted molar refractivity (Wildman–Crippen MR) is 67.5 cm³/mol. The van der Waals surface area contributed by atoms with Crippen molar-refractivity contribution in [3.8, 4) is 0 Å². The van der Waals surface area contributed by atoms with Crippen LogP contribution >= 0.6 is 0 Å². The lowest BCUT2D eigenvalue weighted by Gasteiger charge is -2.05. The highest BCUT2D eigenvalue weighted by molar-refractivity contribution is 7.92. The molecule has 2 heterocycles. The van der Waals surface area contributed by atoms with Gasteiger partial charge < -0.3 is 0 Å². The lowest BCUT2D eigenvalue weighted by atomic mass is 10.4. The van der Waals surface area contributed by atoms with Gasteiger partial charge in [0.1, 0.15) is 0 Å². The maximum atomic E-state index is 11.7. The first kappa shape index (κ1) is 11.9. The number of aromatic nitrogens is 2. The molecule has 1 N–H and O–H groups in total. The van der Waals surface area contributed by atoms with Crippen molar-refractivity contribution in [3.63, 3.8) is 0 Å². The van der Waals surface area contributed by atoms with Crippen LogP contribution in [0.3, 0.4) is 0 Å². The fourth-order valence-corrected chi connectivity index (χ4v) is 2.74. The van der Waals surface area contributed by atoms with Gasteiger partial charge in [0.05, 0.1) is 17.5 Å². The lowest BCUT2D eigenvalue weighted by molar-refractivity contribution is 0.597. The molecule has 0 aliphatic carbocycles. The zero-order chi connectivity index (χ0) is 12.3. The summed E-state index contributed by atoms with van der Waals surface area (Å²) in [7, 11) is -3.29. The van der Waals surface area contributed by atoms with E-state index in [4.69, 9.17) is 0 Å². The van der Waals surface area contributed by atoms with Gasteiger partial charge >= 0.3 is 0 Å². The van der Waals surface area contributed by atoms with E-state index in [9.17, 15) is 8.42 Å². The fourth-order valence-electron chi connectivity index (χ4n) is 1.54. The minimum absolute atomic E-state index is 0.130. The summed E-state index contributed by atoms with van der Waals surface area (Å²) in [6, 6.07) is 5.59. The molecule has 92 valence electrons. The molecule has 2 aromatic rings. The second-order valence-corrected chi connectivity index (χ2v) is 5.69. The van der Waals surface area contributed by atoms with E-state index in [2.05, 4.69) is 9.71 Å². The van der Waals surface area contributed by atoms with Gasteiger partial charge in [-0.25, -0.2) is 13.4 Å². The summed E-state index contributed by atoms with van der Waals surface area (Å²) in [5, 5.41) is 0. The molecule has 0 fully saturated rings. The molecule has 0 bridgehead atoms. The molecule has 17 heavy (non-hydrogen) atoms. The number of anilines is 1. The van der Waals surface area contributed by atoms with Gasteiger partial charge in [0, 0.05) is 6.20 Å². The van der Waals surface area contributed by atoms with E-state index in [1.165, 1.54) is 0 Å². The largest absolute Gasteiger partial charge is 0.285 e. The van der Waals surface area contributed by atoms with Gasteiger partial charge in [-0.1, -0.05) is 19.4 Å². The lowest BCUT2D eigenvalue weighted by Crippen LogP contribution is -2.18. The number of imidazole rings is 1. The molecule has 2 aromatic heterocycles. The fraction of sp³-hybridized carbons (Fsp3) is 0.364. The number of rotatable bonds is 5. The van der Waals surface area contributed by atoms with E-state index in [1.54, 1.807) is 16.8 Å². The van der Waals surface area contributed by atoms with Gasteiger partial charge in [-0.05, 0) is 18.6 Å². The van der Waals surface area contributed by atoms with Crippen LogP contribution in [-0.4, -0.2) is 23.6 Å². The minimum atomic E-state index is -3.29. The smallest absolute Gasteiger partial charge is 0.235 e. The summed E-state index contributed by atoms with van der Waals surface area (Å²) < 4.78 is 27.7. The quantitative estimate of drug-likeness (QED) is 0.884. The summed E-state index contributed by atoms with van der Waals surface area (Å²) in [6.07, 6.45) is 4.92. The van der Waals surface area contributed by atoms with Gasteiger partial charge in [-0.15, -0.1) is 0 Å². The second-order valence-electron chi connectivity index (χ2n) is 3.85. The number of sulfonamides is 1. The van der Waals surface area contributed by atoms with Crippen LogP contribution in [0.15, 0.2) is 30.6 Å². The number of pyridine rings is 1. The zero-order valence-electron chi connectivity index (χ0n) is 9.63. The molecular weight excluding hydrogens is 238 g/mol. The van der Waals surface area contributed by atoms with Crippen LogP contribution in [0.1, 0.15) is 19.8 Å². The van der Waals surface area contributed by atoms with Crippen molar-refractivity contribution < 1.29 is 8.42 Å². The van der Waals surface area contributed by atoms with Crippen molar-refractivity contribution in [1.82, 2.24) is 9.38 Å². The second kappa shape index (κ2) is 4.75. The number of unbranched alkanes of at least 4 members (excludes halogenated alkanes) is 1. The Morgan fingerprint density at radius 3 is 3.00 bits per heavy atom. The summed E-state index contributed by atoms with van der Waals surface area (Å²) in [4.78, 5) is 4.06. The normalized spacial score (nSPS) is 11.8. The molecule has 5 nitrogen and oxygen atoms in total. The maximum absolute atomic E-state index is 11.7. The third kappa shape index (κ3) is 2.76. The van der Waals surface area contributed by atoms with Crippen molar-refractivity contribution in [2.45, 2.75) is 19.8 Å². The Morgan fingerprint density at radius 1 is 1.41 bits per heavy atom. The first-order chi connectivity index (χ1) is 8.12. The van der Waals surface area contributed by atoms with Crippen molar-refractivity contribution >= 4 is 21.5 Å². The first-order valence-electron chi connectivity index (χ1n) is 5.55. The van der Waals surface area contributed by atoms with Crippen molar-refractivity contribution in [3.05, 3.63) is 30.6 Å². The number of nitrogens with zero attached hydrogens (tertiary/aromatic N) is 2. The minimum Gasteiger partial charge on any atom is -0.285 e. The topological polar surface area (TPSA) is 63.5 Å². The van der Waals surface area contributed by atoms with Crippen LogP contribution in [0.4, 0.5) is 5.95 Å². The molecule has 6 heteroatoms. The molecule has 0 aliphatic rings. The standard InChI is InChI=1S/C11H15N3O2S/c1-2-3-8-17(15,16)13-11-12-9-10-6-4-5-7-14(10)11/h4-7,9H,2-3,8H2,1H3,(H,12,13). The van der Waals surface area contributed by atoms with Crippen LogP contribution in [-0.2, 0) is 10.0 Å². The van der Waals surface area contributed by atoms with Crippen LogP contribution in [0.2, 0.25) is 0 Å². The highest BCUT2D eigenvalue weighted by atomic mass is 32.2. The Morgan fingerprint density at radius 2 is 2.24 bits per heavy atom. The van der Waals surface area contributed by atoms with E-state index in [1.807, 2.05) is 25.1 Å². The van der Waals surface area contributed by atoms with Crippen LogP contribution in [0.25, 0.3) is 5.52 Å². The molecule has 0 radical (unpaired) electrons. The number of hydrogen-bond donors (Lipinski definition) is 1. The Balaban J connectivity index is 2.24. The molecule has 0 unspecified atom stereocenters. The predicted octanol–water partition coefficient (Wildman–Crippen LogP) is 1.88. The van der Waals surface area contributed by atoms with E-state index < -0.39 is 10.0 Å². The van der Waals surface area contributed by atoms with Crippen molar-refractivity contribution in [1.29, 1.82) is 0 Å². The van der Waals surface area contributed by atoms with E-state index >= 15 is 0 Å². The van der Waals surface area contributed by atoms with Gasteiger partial charge in [-0.2, -0.15) is 0 Å². The molecule has 0 amide bonds. The van der Waals surface area contributed by atoms with Crippen molar-refractivity contribution in [2.75, 3.05) is 10.5 Å². The molecule has 0 atom stereocenters. The molecule has 0 saturated heterocycles. The third-order valence-corrected chi connectivity index (χ3v) is 3.77. The van der Waals surface area contributed by atoms with E-state index in [0.717, 1.165) is 11.9 Å². The molecule has 0 spiro atoms. The Hall–Kier alpha value is -1.56. The number of fused-ring (bicyclic) bond motifs is 1. The van der Waals surface area contributed by atoms with Gasteiger partial charge in [0.2, 0.25) is 16.0 Å². The number of hydrogen-bond acceptors (Lipinski definition) is 3. The SMILES string of the molecule is CCCCS(=O)(=O)Nc1ncc2ccccn12. The molecular formula is C11H15N3O2S. The maximum Gasteiger partial charge on any atom is 0.235 e. The van der Waals surface area contributed by atoms with Crippen molar-refractivity contribution in [2.24, 2.45) is 0 Å². The highest BCUT2D eigenvalue weighted by Gasteiger charge is 2.12. The van der Waals surface area contributed by atoms with Gasteiger partial charge in [0.25, 0.3) is 0 Å². The summed E-state index contributed by atoms with van der Waals surface area (Å²) in [5.74, 6) is 0.474. The Bertz CT molecular complexity index is 604. The third-order valence-electron chi connectivity index (χ3n) is 2.45. The molecule has 2 rings (SSSR count). The number of nitrogens with one attached hydrogen (secondary N) is 1. The first-order valence-corrected chi connectivity index (χ1v) is 7.20. The zero-order valence-corrected chi connectivity index (χ0v) is 10.4.